The van der Waals surface area contributed by atoms with E-state index in [0.29, 0.717) is 18.1 Å². The summed E-state index contributed by atoms with van der Waals surface area (Å²) in [6.07, 6.45) is 0.351. The highest BCUT2D eigenvalue weighted by molar-refractivity contribution is 6.30. The zero-order chi connectivity index (χ0) is 13.8. The summed E-state index contributed by atoms with van der Waals surface area (Å²) in [6.45, 7) is 2.47. The molecule has 4 nitrogen and oxygen atoms in total. The lowest BCUT2D eigenvalue weighted by atomic mass is 10.1. The van der Waals surface area contributed by atoms with Crippen LogP contribution < -0.4 is 0 Å². The molecule has 104 valence electrons. The van der Waals surface area contributed by atoms with E-state index >= 15 is 0 Å². The van der Waals surface area contributed by atoms with Gasteiger partial charge in [0, 0.05) is 31.7 Å². The van der Waals surface area contributed by atoms with Crippen molar-refractivity contribution < 1.29 is 9.90 Å². The van der Waals surface area contributed by atoms with Crippen LogP contribution in [-0.4, -0.2) is 54.0 Å². The average Bonchev–Trinajstić information content (AvgIpc) is 2.53. The zero-order valence-corrected chi connectivity index (χ0v) is 11.8. The first-order chi connectivity index (χ1) is 9.06. The quantitative estimate of drug-likeness (QED) is 0.915. The molecule has 1 amide bonds. The fraction of sp³-hybridized carbons (Fsp3) is 0.500. The Hall–Kier alpha value is -1.10. The van der Waals surface area contributed by atoms with Gasteiger partial charge in [-0.3, -0.25) is 9.69 Å². The van der Waals surface area contributed by atoms with Gasteiger partial charge in [-0.15, -0.1) is 0 Å². The van der Waals surface area contributed by atoms with Crippen molar-refractivity contribution in [2.24, 2.45) is 0 Å². The van der Waals surface area contributed by atoms with Crippen LogP contribution in [0.15, 0.2) is 24.3 Å². The van der Waals surface area contributed by atoms with Gasteiger partial charge in [0.1, 0.15) is 0 Å². The Labute approximate surface area is 118 Å². The molecule has 1 aromatic rings. The molecule has 0 aromatic heterocycles. The van der Waals surface area contributed by atoms with Crippen molar-refractivity contribution in [2.75, 3.05) is 33.2 Å². The van der Waals surface area contributed by atoms with Crippen molar-refractivity contribution in [1.29, 1.82) is 0 Å². The highest BCUT2D eigenvalue weighted by Gasteiger charge is 2.21. The molecule has 1 heterocycles. The van der Waals surface area contributed by atoms with Gasteiger partial charge in [0.05, 0.1) is 12.6 Å². The summed E-state index contributed by atoms with van der Waals surface area (Å²) >= 11 is 5.82. The number of carbonyl (C=O) groups is 1. The molecule has 1 fully saturated rings. The maximum Gasteiger partial charge on any atom is 0.236 e. The number of rotatable bonds is 3. The third-order valence-corrected chi connectivity index (χ3v) is 3.69. The Bertz CT molecular complexity index is 436. The maximum absolute atomic E-state index is 11.8. The molecule has 0 saturated carbocycles. The Balaban J connectivity index is 1.96. The molecule has 0 aliphatic carbocycles. The SMILES string of the molecule is CN1CCCN(CC(O)c2ccc(Cl)cc2)CC1=O. The summed E-state index contributed by atoms with van der Waals surface area (Å²) in [7, 11) is 1.82. The molecular formula is C14H19ClN2O2. The summed E-state index contributed by atoms with van der Waals surface area (Å²) in [6, 6.07) is 7.17. The fourth-order valence-electron chi connectivity index (χ4n) is 2.24. The van der Waals surface area contributed by atoms with Crippen LogP contribution in [0, 0.1) is 0 Å². The molecule has 0 bridgehead atoms. The molecule has 0 spiro atoms. The number of hydrogen-bond donors (Lipinski definition) is 1. The lowest BCUT2D eigenvalue weighted by molar-refractivity contribution is -0.130. The van der Waals surface area contributed by atoms with E-state index in [0.717, 1.165) is 25.1 Å². The molecule has 2 rings (SSSR count). The number of aliphatic hydroxyl groups is 1. The molecule has 1 N–H and O–H groups in total. The van der Waals surface area contributed by atoms with E-state index in [1.165, 1.54) is 0 Å². The Morgan fingerprint density at radius 2 is 2.00 bits per heavy atom. The van der Waals surface area contributed by atoms with Crippen LogP contribution in [0.2, 0.25) is 5.02 Å². The Morgan fingerprint density at radius 1 is 1.32 bits per heavy atom. The molecule has 1 unspecified atom stereocenters. The molecule has 1 aliphatic rings. The minimum atomic E-state index is -0.589. The molecule has 1 atom stereocenters. The van der Waals surface area contributed by atoms with E-state index in [1.54, 1.807) is 17.0 Å². The number of likely N-dealkylation sites (N-methyl/N-ethyl adjacent to an activating group) is 1. The third kappa shape index (κ3) is 3.93. The van der Waals surface area contributed by atoms with Crippen molar-refractivity contribution in [2.45, 2.75) is 12.5 Å². The van der Waals surface area contributed by atoms with Gasteiger partial charge >= 0.3 is 0 Å². The lowest BCUT2D eigenvalue weighted by Gasteiger charge is -2.22. The monoisotopic (exact) mass is 282 g/mol. The molecule has 1 aliphatic heterocycles. The van der Waals surface area contributed by atoms with Gasteiger partial charge in [-0.2, -0.15) is 0 Å². The minimum absolute atomic E-state index is 0.112. The predicted molar refractivity (Wildman–Crippen MR) is 75.1 cm³/mol. The van der Waals surface area contributed by atoms with Crippen LogP contribution in [-0.2, 0) is 4.79 Å². The summed E-state index contributed by atoms with van der Waals surface area (Å²) in [5, 5.41) is 10.9. The number of β-amino-alcohol motifs (C(OH)–C–C–N with tert-alkyl or cyclic N) is 1. The van der Waals surface area contributed by atoms with E-state index in [1.807, 2.05) is 24.1 Å². The number of nitrogens with zero attached hydrogens (tertiary/aromatic N) is 2. The van der Waals surface area contributed by atoms with Crippen LogP contribution in [0.5, 0.6) is 0 Å². The van der Waals surface area contributed by atoms with Crippen molar-refractivity contribution in [3.05, 3.63) is 34.9 Å². The summed E-state index contributed by atoms with van der Waals surface area (Å²) in [5.41, 5.74) is 0.828. The van der Waals surface area contributed by atoms with E-state index in [4.69, 9.17) is 11.6 Å². The van der Waals surface area contributed by atoms with E-state index in [-0.39, 0.29) is 5.91 Å². The molecule has 5 heteroatoms. The highest BCUT2D eigenvalue weighted by atomic mass is 35.5. The zero-order valence-electron chi connectivity index (χ0n) is 11.1. The first-order valence-corrected chi connectivity index (χ1v) is 6.84. The third-order valence-electron chi connectivity index (χ3n) is 3.44. The van der Waals surface area contributed by atoms with Crippen LogP contribution in [0.3, 0.4) is 0 Å². The molecule has 1 saturated heterocycles. The van der Waals surface area contributed by atoms with Gasteiger partial charge in [-0.1, -0.05) is 23.7 Å². The molecule has 1 aromatic carbocycles. The first kappa shape index (κ1) is 14.3. The largest absolute Gasteiger partial charge is 0.387 e. The van der Waals surface area contributed by atoms with Crippen LogP contribution in [0.1, 0.15) is 18.1 Å². The number of aliphatic hydroxyl groups excluding tert-OH is 1. The molecule has 19 heavy (non-hydrogen) atoms. The van der Waals surface area contributed by atoms with E-state index in [2.05, 4.69) is 0 Å². The van der Waals surface area contributed by atoms with Gasteiger partial charge in [0.15, 0.2) is 0 Å². The summed E-state index contributed by atoms with van der Waals surface area (Å²) in [5.74, 6) is 0.112. The van der Waals surface area contributed by atoms with Crippen LogP contribution in [0.4, 0.5) is 0 Å². The van der Waals surface area contributed by atoms with E-state index < -0.39 is 6.10 Å². The number of carbonyl (C=O) groups excluding carboxylic acids is 1. The van der Waals surface area contributed by atoms with E-state index in [9.17, 15) is 9.90 Å². The van der Waals surface area contributed by atoms with Crippen molar-refractivity contribution in [1.82, 2.24) is 9.80 Å². The van der Waals surface area contributed by atoms with Gasteiger partial charge < -0.3 is 10.0 Å². The van der Waals surface area contributed by atoms with Gasteiger partial charge in [0.2, 0.25) is 5.91 Å². The number of hydrogen-bond acceptors (Lipinski definition) is 3. The second kappa shape index (κ2) is 6.37. The molecule has 0 radical (unpaired) electrons. The number of amides is 1. The second-order valence-electron chi connectivity index (χ2n) is 4.97. The van der Waals surface area contributed by atoms with Crippen molar-refractivity contribution >= 4 is 17.5 Å². The maximum atomic E-state index is 11.8. The van der Waals surface area contributed by atoms with Gasteiger partial charge in [0.25, 0.3) is 0 Å². The standard InChI is InChI=1S/C14H19ClN2O2/c1-16-7-2-8-17(10-14(16)19)9-13(18)11-3-5-12(15)6-4-11/h3-6,13,18H,2,7-10H2,1H3. The van der Waals surface area contributed by atoms with Gasteiger partial charge in [-0.25, -0.2) is 0 Å². The Kier molecular flexibility index (Phi) is 4.80. The Morgan fingerprint density at radius 3 is 2.68 bits per heavy atom. The van der Waals surface area contributed by atoms with Crippen molar-refractivity contribution in [3.63, 3.8) is 0 Å². The topological polar surface area (TPSA) is 43.8 Å². The normalized spacial score (nSPS) is 19.3. The average molecular weight is 283 g/mol. The predicted octanol–water partition coefficient (Wildman–Crippen LogP) is 1.54. The van der Waals surface area contributed by atoms with Gasteiger partial charge in [-0.05, 0) is 24.1 Å². The van der Waals surface area contributed by atoms with Crippen LogP contribution in [0.25, 0.3) is 0 Å². The summed E-state index contributed by atoms with van der Waals surface area (Å²) < 4.78 is 0. The highest BCUT2D eigenvalue weighted by Crippen LogP contribution is 2.18. The fourth-order valence-corrected chi connectivity index (χ4v) is 2.36. The first-order valence-electron chi connectivity index (χ1n) is 6.46. The molecular weight excluding hydrogens is 264 g/mol. The van der Waals surface area contributed by atoms with Crippen molar-refractivity contribution in [3.8, 4) is 0 Å². The minimum Gasteiger partial charge on any atom is -0.387 e. The summed E-state index contributed by atoms with van der Waals surface area (Å²) in [4.78, 5) is 15.5. The second-order valence-corrected chi connectivity index (χ2v) is 5.41. The van der Waals surface area contributed by atoms with Crippen LogP contribution >= 0.6 is 11.6 Å². The lowest BCUT2D eigenvalue weighted by Crippen LogP contribution is -2.36. The smallest absolute Gasteiger partial charge is 0.236 e. The number of benzene rings is 1. The number of halogens is 1.